The highest BCUT2D eigenvalue weighted by molar-refractivity contribution is 14.0. The molecule has 1 amide bonds. The van der Waals surface area contributed by atoms with E-state index in [9.17, 15) is 4.79 Å². The fraction of sp³-hybridized carbons (Fsp3) is 0.636. The topological polar surface area (TPSA) is 60.0 Å². The van der Waals surface area contributed by atoms with Gasteiger partial charge in [0.1, 0.15) is 0 Å². The van der Waals surface area contributed by atoms with Crippen LogP contribution in [0.15, 0.2) is 29.3 Å². The van der Waals surface area contributed by atoms with E-state index in [4.69, 9.17) is 4.99 Å². The molecule has 7 heteroatoms. The van der Waals surface area contributed by atoms with E-state index in [1.165, 1.54) is 11.1 Å². The minimum atomic E-state index is 0. The van der Waals surface area contributed by atoms with Gasteiger partial charge in [0.25, 0.3) is 0 Å². The van der Waals surface area contributed by atoms with Crippen LogP contribution in [-0.2, 0) is 17.8 Å². The molecule has 0 bridgehead atoms. The lowest BCUT2D eigenvalue weighted by Crippen LogP contribution is -2.46. The van der Waals surface area contributed by atoms with Crippen molar-refractivity contribution in [2.24, 2.45) is 10.9 Å². The van der Waals surface area contributed by atoms with Gasteiger partial charge in [-0.1, -0.05) is 24.3 Å². The van der Waals surface area contributed by atoms with Crippen LogP contribution in [0.25, 0.3) is 0 Å². The molecule has 0 radical (unpaired) electrons. The van der Waals surface area contributed by atoms with Crippen molar-refractivity contribution in [2.75, 3.05) is 46.3 Å². The maximum absolute atomic E-state index is 11.6. The van der Waals surface area contributed by atoms with Gasteiger partial charge in [0, 0.05) is 52.7 Å². The van der Waals surface area contributed by atoms with Crippen molar-refractivity contribution in [1.29, 1.82) is 0 Å². The zero-order valence-electron chi connectivity index (χ0n) is 17.8. The van der Waals surface area contributed by atoms with Gasteiger partial charge >= 0.3 is 0 Å². The molecular weight excluding hydrogens is 477 g/mol. The minimum Gasteiger partial charge on any atom is -0.359 e. The molecule has 6 nitrogen and oxygen atoms in total. The van der Waals surface area contributed by atoms with E-state index in [2.05, 4.69) is 51.6 Å². The summed E-state index contributed by atoms with van der Waals surface area (Å²) in [4.78, 5) is 21.4. The number of benzene rings is 1. The summed E-state index contributed by atoms with van der Waals surface area (Å²) >= 11 is 0. The summed E-state index contributed by atoms with van der Waals surface area (Å²) in [5.41, 5.74) is 2.96. The van der Waals surface area contributed by atoms with Crippen LogP contribution in [0, 0.1) is 5.92 Å². The monoisotopic (exact) mass is 513 g/mol. The number of guanidine groups is 1. The number of carbonyl (C=O) groups is 1. The van der Waals surface area contributed by atoms with E-state index in [0.29, 0.717) is 12.3 Å². The Balaban J connectivity index is 0.00000300. The van der Waals surface area contributed by atoms with E-state index < -0.39 is 0 Å². The Morgan fingerprint density at radius 1 is 1.17 bits per heavy atom. The lowest BCUT2D eigenvalue weighted by Gasteiger charge is -2.34. The standard InChI is InChI=1S/C22H35N5O.HI/c1-3-24-22(27-13-8-18(9-14-27)16-21(28)23-2)25-11-15-26-12-10-19-6-4-5-7-20(19)17-26;/h4-7,18H,3,8-17H2,1-2H3,(H,23,28)(H,24,25);1H. The fourth-order valence-electron chi connectivity index (χ4n) is 4.18. The van der Waals surface area contributed by atoms with Crippen LogP contribution in [0.4, 0.5) is 0 Å². The SMILES string of the molecule is CCNC(=NCCN1CCc2ccccc2C1)N1CCC(CC(=O)NC)CC1.I. The second-order valence-corrected chi connectivity index (χ2v) is 7.84. The van der Waals surface area contributed by atoms with E-state index in [1.54, 1.807) is 7.05 Å². The molecule has 1 aromatic carbocycles. The number of fused-ring (bicyclic) bond motifs is 1. The number of aliphatic imine (C=N–C) groups is 1. The Morgan fingerprint density at radius 3 is 2.59 bits per heavy atom. The molecular formula is C22H36IN5O. The van der Waals surface area contributed by atoms with Gasteiger partial charge in [-0.25, -0.2) is 0 Å². The Hall–Kier alpha value is -1.35. The molecule has 2 aliphatic heterocycles. The van der Waals surface area contributed by atoms with Gasteiger partial charge < -0.3 is 15.5 Å². The molecule has 1 saturated heterocycles. The third kappa shape index (κ3) is 7.13. The van der Waals surface area contributed by atoms with Crippen molar-refractivity contribution in [2.45, 2.75) is 39.2 Å². The summed E-state index contributed by atoms with van der Waals surface area (Å²) in [5, 5.41) is 6.19. The number of nitrogens with zero attached hydrogens (tertiary/aromatic N) is 3. The van der Waals surface area contributed by atoms with Crippen molar-refractivity contribution in [3.8, 4) is 0 Å². The summed E-state index contributed by atoms with van der Waals surface area (Å²) in [6.45, 7) is 8.93. The number of carbonyl (C=O) groups excluding carboxylic acids is 1. The molecule has 0 saturated carbocycles. The van der Waals surface area contributed by atoms with E-state index >= 15 is 0 Å². The maximum Gasteiger partial charge on any atom is 0.220 e. The molecule has 0 aromatic heterocycles. The Kier molecular flexibility index (Phi) is 10.2. The van der Waals surface area contributed by atoms with Gasteiger partial charge in [0.15, 0.2) is 5.96 Å². The summed E-state index contributed by atoms with van der Waals surface area (Å²) < 4.78 is 0. The Bertz CT molecular complexity index is 673. The van der Waals surface area contributed by atoms with Gasteiger partial charge in [-0.2, -0.15) is 0 Å². The minimum absolute atomic E-state index is 0. The second kappa shape index (κ2) is 12.4. The molecule has 2 aliphatic rings. The van der Waals surface area contributed by atoms with Crippen molar-refractivity contribution in [1.82, 2.24) is 20.4 Å². The average molecular weight is 513 g/mol. The van der Waals surface area contributed by atoms with E-state index in [1.807, 2.05) is 0 Å². The van der Waals surface area contributed by atoms with Gasteiger partial charge in [0.2, 0.25) is 5.91 Å². The van der Waals surface area contributed by atoms with Crippen LogP contribution in [0.5, 0.6) is 0 Å². The molecule has 29 heavy (non-hydrogen) atoms. The number of piperidine rings is 1. The molecule has 1 aromatic rings. The lowest BCUT2D eigenvalue weighted by atomic mass is 9.93. The normalized spacial score (nSPS) is 18.0. The quantitative estimate of drug-likeness (QED) is 0.349. The number of hydrogen-bond donors (Lipinski definition) is 2. The van der Waals surface area contributed by atoms with Crippen LogP contribution in [0.2, 0.25) is 0 Å². The predicted octanol–water partition coefficient (Wildman–Crippen LogP) is 2.48. The lowest BCUT2D eigenvalue weighted by molar-refractivity contribution is -0.121. The first kappa shape index (κ1) is 23.9. The van der Waals surface area contributed by atoms with Gasteiger partial charge in [-0.3, -0.25) is 14.7 Å². The predicted molar refractivity (Wildman–Crippen MR) is 130 cm³/mol. The van der Waals surface area contributed by atoms with Crippen LogP contribution in [0.1, 0.15) is 37.3 Å². The van der Waals surface area contributed by atoms with Crippen LogP contribution in [0.3, 0.4) is 0 Å². The molecule has 2 heterocycles. The zero-order chi connectivity index (χ0) is 19.8. The molecule has 0 atom stereocenters. The Labute approximate surface area is 192 Å². The third-order valence-corrected chi connectivity index (χ3v) is 5.89. The maximum atomic E-state index is 11.6. The van der Waals surface area contributed by atoms with Gasteiger partial charge in [-0.05, 0) is 43.2 Å². The summed E-state index contributed by atoms with van der Waals surface area (Å²) in [7, 11) is 1.72. The molecule has 3 rings (SSSR count). The number of halogens is 1. The summed E-state index contributed by atoms with van der Waals surface area (Å²) in [6.07, 6.45) is 3.90. The number of likely N-dealkylation sites (tertiary alicyclic amines) is 1. The highest BCUT2D eigenvalue weighted by atomic mass is 127. The zero-order valence-corrected chi connectivity index (χ0v) is 20.2. The molecule has 1 fully saturated rings. The van der Waals surface area contributed by atoms with Crippen molar-refractivity contribution in [3.63, 3.8) is 0 Å². The van der Waals surface area contributed by atoms with Gasteiger partial charge in [-0.15, -0.1) is 24.0 Å². The molecule has 162 valence electrons. The first-order valence-corrected chi connectivity index (χ1v) is 10.7. The van der Waals surface area contributed by atoms with Crippen molar-refractivity contribution in [3.05, 3.63) is 35.4 Å². The first-order chi connectivity index (χ1) is 13.7. The third-order valence-electron chi connectivity index (χ3n) is 5.89. The molecule has 0 unspecified atom stereocenters. The fourth-order valence-corrected chi connectivity index (χ4v) is 4.18. The number of nitrogens with one attached hydrogen (secondary N) is 2. The molecule has 0 aliphatic carbocycles. The van der Waals surface area contributed by atoms with Crippen LogP contribution in [-0.4, -0.2) is 68.0 Å². The highest BCUT2D eigenvalue weighted by Crippen LogP contribution is 2.21. The number of amides is 1. The van der Waals surface area contributed by atoms with Crippen LogP contribution >= 0.6 is 24.0 Å². The Morgan fingerprint density at radius 2 is 1.90 bits per heavy atom. The molecule has 2 N–H and O–H groups in total. The van der Waals surface area contributed by atoms with Gasteiger partial charge in [0.05, 0.1) is 6.54 Å². The first-order valence-electron chi connectivity index (χ1n) is 10.7. The highest BCUT2D eigenvalue weighted by Gasteiger charge is 2.23. The molecule has 0 spiro atoms. The van der Waals surface area contributed by atoms with Crippen molar-refractivity contribution >= 4 is 35.8 Å². The van der Waals surface area contributed by atoms with E-state index in [0.717, 1.165) is 71.0 Å². The largest absolute Gasteiger partial charge is 0.359 e. The summed E-state index contributed by atoms with van der Waals surface area (Å²) in [5.74, 6) is 1.67. The number of hydrogen-bond acceptors (Lipinski definition) is 3. The van der Waals surface area contributed by atoms with Crippen LogP contribution < -0.4 is 10.6 Å². The smallest absolute Gasteiger partial charge is 0.220 e. The second-order valence-electron chi connectivity index (χ2n) is 7.84. The summed E-state index contributed by atoms with van der Waals surface area (Å²) in [6, 6.07) is 8.77. The van der Waals surface area contributed by atoms with Crippen molar-refractivity contribution < 1.29 is 4.79 Å². The number of rotatable bonds is 6. The van der Waals surface area contributed by atoms with E-state index in [-0.39, 0.29) is 29.9 Å². The average Bonchev–Trinajstić information content (AvgIpc) is 2.73.